The van der Waals surface area contributed by atoms with Crippen LogP contribution in [0.2, 0.25) is 10.0 Å². The summed E-state index contributed by atoms with van der Waals surface area (Å²) < 4.78 is 0. The number of amides is 1. The van der Waals surface area contributed by atoms with Gasteiger partial charge in [-0.05, 0) is 42.5 Å². The molecule has 0 spiro atoms. The van der Waals surface area contributed by atoms with Crippen molar-refractivity contribution in [2.24, 2.45) is 0 Å². The summed E-state index contributed by atoms with van der Waals surface area (Å²) in [5.41, 5.74) is 1.80. The van der Waals surface area contributed by atoms with Gasteiger partial charge >= 0.3 is 0 Å². The summed E-state index contributed by atoms with van der Waals surface area (Å²) >= 11 is 12.2. The molecule has 0 saturated carbocycles. The first-order valence-corrected chi connectivity index (χ1v) is 10.3. The largest absolute Gasteiger partial charge is 0.352 e. The van der Waals surface area contributed by atoms with Crippen LogP contribution in [0.5, 0.6) is 0 Å². The van der Waals surface area contributed by atoms with E-state index in [9.17, 15) is 14.9 Å². The van der Waals surface area contributed by atoms with Crippen LogP contribution in [-0.2, 0) is 0 Å². The molecule has 4 rings (SSSR count). The predicted octanol–water partition coefficient (Wildman–Crippen LogP) is 4.32. The molecule has 3 aromatic rings. The van der Waals surface area contributed by atoms with E-state index in [0.717, 1.165) is 11.4 Å². The lowest BCUT2D eigenvalue weighted by atomic mass is 10.1. The molecule has 8 nitrogen and oxygen atoms in total. The quantitative estimate of drug-likeness (QED) is 0.427. The molecule has 1 saturated heterocycles. The molecular formula is C21H17Cl2N5O3. The summed E-state index contributed by atoms with van der Waals surface area (Å²) in [4.78, 5) is 26.7. The van der Waals surface area contributed by atoms with E-state index in [0.29, 0.717) is 47.5 Å². The third-order valence-corrected chi connectivity index (χ3v) is 5.62. The van der Waals surface area contributed by atoms with Crippen molar-refractivity contribution in [3.8, 4) is 11.3 Å². The van der Waals surface area contributed by atoms with Crippen LogP contribution in [0.25, 0.3) is 11.3 Å². The molecular weight excluding hydrogens is 441 g/mol. The zero-order valence-corrected chi connectivity index (χ0v) is 17.8. The van der Waals surface area contributed by atoms with Crippen LogP contribution in [0.1, 0.15) is 10.4 Å². The Kier molecular flexibility index (Phi) is 6.01. The topological polar surface area (TPSA) is 92.5 Å². The summed E-state index contributed by atoms with van der Waals surface area (Å²) in [7, 11) is 0. The van der Waals surface area contributed by atoms with Crippen LogP contribution in [0.15, 0.2) is 54.6 Å². The lowest BCUT2D eigenvalue weighted by Gasteiger charge is -2.35. The van der Waals surface area contributed by atoms with Crippen molar-refractivity contribution in [2.75, 3.05) is 31.1 Å². The summed E-state index contributed by atoms with van der Waals surface area (Å²) in [5.74, 6) is 0.574. The van der Waals surface area contributed by atoms with E-state index in [2.05, 4.69) is 15.1 Å². The van der Waals surface area contributed by atoms with E-state index >= 15 is 0 Å². The van der Waals surface area contributed by atoms with E-state index in [-0.39, 0.29) is 11.6 Å². The minimum Gasteiger partial charge on any atom is -0.352 e. The van der Waals surface area contributed by atoms with Crippen LogP contribution < -0.4 is 4.90 Å². The van der Waals surface area contributed by atoms with Crippen molar-refractivity contribution in [3.05, 3.63) is 80.3 Å². The number of hydrogen-bond donors (Lipinski definition) is 0. The molecule has 0 atom stereocenters. The van der Waals surface area contributed by atoms with E-state index < -0.39 is 4.92 Å². The number of piperazine rings is 1. The second-order valence-electron chi connectivity index (χ2n) is 6.98. The predicted molar refractivity (Wildman–Crippen MR) is 119 cm³/mol. The van der Waals surface area contributed by atoms with Crippen LogP contribution in [0, 0.1) is 10.1 Å². The standard InChI is InChI=1S/C21H17Cl2N5O3/c22-15-3-6-17(18(23)13-15)19-7-8-20(25-24-19)26-9-11-27(12-10-26)21(29)14-1-4-16(5-2-14)28(30)31/h1-8,13H,9-12H2. The Morgan fingerprint density at radius 3 is 2.23 bits per heavy atom. The van der Waals surface area contributed by atoms with Crippen molar-refractivity contribution >= 4 is 40.6 Å². The fourth-order valence-electron chi connectivity index (χ4n) is 3.38. The molecule has 1 aromatic heterocycles. The minimum absolute atomic E-state index is 0.0386. The van der Waals surface area contributed by atoms with Crippen LogP contribution in [0.3, 0.4) is 0 Å². The number of carbonyl (C=O) groups excluding carboxylic acids is 1. The third kappa shape index (κ3) is 4.60. The molecule has 1 fully saturated rings. The van der Waals surface area contributed by atoms with Gasteiger partial charge in [0.2, 0.25) is 0 Å². The van der Waals surface area contributed by atoms with Gasteiger partial charge in [0.25, 0.3) is 11.6 Å². The number of halogens is 2. The minimum atomic E-state index is -0.486. The normalized spacial score (nSPS) is 13.9. The van der Waals surface area contributed by atoms with E-state index in [4.69, 9.17) is 23.2 Å². The van der Waals surface area contributed by atoms with Gasteiger partial charge in [0.05, 0.1) is 15.6 Å². The summed E-state index contributed by atoms with van der Waals surface area (Å²) in [6, 6.07) is 14.6. The molecule has 0 N–H and O–H groups in total. The summed E-state index contributed by atoms with van der Waals surface area (Å²) in [6.45, 7) is 2.24. The van der Waals surface area contributed by atoms with Crippen molar-refractivity contribution in [1.29, 1.82) is 0 Å². The number of hydrogen-bond acceptors (Lipinski definition) is 6. The average molecular weight is 458 g/mol. The highest BCUT2D eigenvalue weighted by Crippen LogP contribution is 2.29. The molecule has 31 heavy (non-hydrogen) atoms. The van der Waals surface area contributed by atoms with Gasteiger partial charge in [-0.3, -0.25) is 14.9 Å². The lowest BCUT2D eigenvalue weighted by molar-refractivity contribution is -0.384. The Bertz CT molecular complexity index is 1110. The van der Waals surface area contributed by atoms with Gasteiger partial charge < -0.3 is 9.80 Å². The van der Waals surface area contributed by atoms with Crippen LogP contribution in [-0.4, -0.2) is 52.1 Å². The summed E-state index contributed by atoms with van der Waals surface area (Å²) in [6.07, 6.45) is 0. The Balaban J connectivity index is 1.39. The first-order valence-electron chi connectivity index (χ1n) is 9.50. The lowest BCUT2D eigenvalue weighted by Crippen LogP contribution is -2.49. The highest BCUT2D eigenvalue weighted by molar-refractivity contribution is 6.36. The molecule has 2 aromatic carbocycles. The Hall–Kier alpha value is -3.23. The van der Waals surface area contributed by atoms with Gasteiger partial charge in [-0.15, -0.1) is 10.2 Å². The first-order chi connectivity index (χ1) is 14.9. The Morgan fingerprint density at radius 1 is 0.935 bits per heavy atom. The number of aromatic nitrogens is 2. The first kappa shape index (κ1) is 21.0. The highest BCUT2D eigenvalue weighted by atomic mass is 35.5. The van der Waals surface area contributed by atoms with Crippen molar-refractivity contribution in [3.63, 3.8) is 0 Å². The van der Waals surface area contributed by atoms with Gasteiger partial charge in [-0.2, -0.15) is 0 Å². The van der Waals surface area contributed by atoms with Crippen molar-refractivity contribution in [1.82, 2.24) is 15.1 Å². The number of nitro groups is 1. The molecule has 1 aliphatic rings. The molecule has 158 valence electrons. The number of non-ortho nitro benzene ring substituents is 1. The molecule has 10 heteroatoms. The smallest absolute Gasteiger partial charge is 0.269 e. The molecule has 2 heterocycles. The number of nitro benzene ring substituents is 1. The van der Waals surface area contributed by atoms with Gasteiger partial charge in [0.15, 0.2) is 5.82 Å². The van der Waals surface area contributed by atoms with E-state index in [1.165, 1.54) is 24.3 Å². The Morgan fingerprint density at radius 2 is 1.65 bits per heavy atom. The van der Waals surface area contributed by atoms with E-state index in [1.807, 2.05) is 12.1 Å². The maximum atomic E-state index is 12.7. The molecule has 0 bridgehead atoms. The average Bonchev–Trinajstić information content (AvgIpc) is 2.79. The Labute approximate surface area is 188 Å². The van der Waals surface area contributed by atoms with Crippen LogP contribution in [0.4, 0.5) is 11.5 Å². The zero-order valence-electron chi connectivity index (χ0n) is 16.2. The maximum Gasteiger partial charge on any atom is 0.269 e. The van der Waals surface area contributed by atoms with Crippen molar-refractivity contribution < 1.29 is 9.72 Å². The second-order valence-corrected chi connectivity index (χ2v) is 7.83. The van der Waals surface area contributed by atoms with Gasteiger partial charge in [0, 0.05) is 54.5 Å². The number of anilines is 1. The molecule has 0 aliphatic carbocycles. The molecule has 0 unspecified atom stereocenters. The zero-order chi connectivity index (χ0) is 22.0. The van der Waals surface area contributed by atoms with Crippen LogP contribution >= 0.6 is 23.2 Å². The number of benzene rings is 2. The van der Waals surface area contributed by atoms with Gasteiger partial charge in [-0.25, -0.2) is 0 Å². The molecule has 1 aliphatic heterocycles. The van der Waals surface area contributed by atoms with Gasteiger partial charge in [0.1, 0.15) is 0 Å². The fraction of sp³-hybridized carbons (Fsp3) is 0.190. The number of nitrogens with zero attached hydrogens (tertiary/aromatic N) is 5. The molecule has 1 amide bonds. The molecule has 0 radical (unpaired) electrons. The summed E-state index contributed by atoms with van der Waals surface area (Å²) in [5, 5.41) is 20.4. The SMILES string of the molecule is O=C(c1ccc([N+](=O)[O-])cc1)N1CCN(c2ccc(-c3ccc(Cl)cc3Cl)nn2)CC1. The number of carbonyl (C=O) groups is 1. The van der Waals surface area contributed by atoms with Gasteiger partial charge in [-0.1, -0.05) is 23.2 Å². The monoisotopic (exact) mass is 457 g/mol. The van der Waals surface area contributed by atoms with Crippen molar-refractivity contribution in [2.45, 2.75) is 0 Å². The maximum absolute atomic E-state index is 12.7. The fourth-order valence-corrected chi connectivity index (χ4v) is 3.89. The third-order valence-electron chi connectivity index (χ3n) is 5.07. The second kappa shape index (κ2) is 8.87. The number of rotatable bonds is 4. The van der Waals surface area contributed by atoms with E-state index in [1.54, 1.807) is 23.1 Å². The highest BCUT2D eigenvalue weighted by Gasteiger charge is 2.23.